The highest BCUT2D eigenvalue weighted by atomic mass is 32.1. The molecule has 1 aromatic rings. The Morgan fingerprint density at radius 3 is 2.75 bits per heavy atom. The van der Waals surface area contributed by atoms with E-state index in [4.69, 9.17) is 9.84 Å². The molecule has 2 rings (SSSR count). The Morgan fingerprint density at radius 2 is 2.20 bits per heavy atom. The van der Waals surface area contributed by atoms with Gasteiger partial charge in [0, 0.05) is 31.2 Å². The number of rotatable bonds is 5. The number of carbonyl (C=O) groups excluding carboxylic acids is 1. The Hall–Kier alpha value is -1.47. The van der Waals surface area contributed by atoms with Crippen molar-refractivity contribution in [2.45, 2.75) is 32.2 Å². The molecule has 7 heteroatoms. The van der Waals surface area contributed by atoms with Crippen molar-refractivity contribution in [2.75, 3.05) is 19.8 Å². The number of hydrogen-bond donors (Lipinski definition) is 1. The number of carbonyl (C=O) groups is 2. The number of nitrogens with zero attached hydrogens (tertiary/aromatic N) is 2. The zero-order chi connectivity index (χ0) is 14.5. The van der Waals surface area contributed by atoms with Crippen molar-refractivity contribution >= 4 is 23.2 Å². The van der Waals surface area contributed by atoms with Crippen LogP contribution in [0.15, 0.2) is 5.38 Å². The van der Waals surface area contributed by atoms with Gasteiger partial charge in [-0.3, -0.25) is 9.59 Å². The molecule has 2 heterocycles. The van der Waals surface area contributed by atoms with Crippen LogP contribution in [-0.2, 0) is 9.53 Å². The maximum Gasteiger partial charge on any atom is 0.305 e. The standard InChI is InChI=1S/C13H18N2O4S/c1-9-14-11(8-20-9)13(18)15(5-2-12(16)17)10-3-6-19-7-4-10/h8,10H,2-7H2,1H3,(H,16,17). The average Bonchev–Trinajstić information content (AvgIpc) is 2.86. The quantitative estimate of drug-likeness (QED) is 0.892. The van der Waals surface area contributed by atoms with E-state index in [1.54, 1.807) is 10.3 Å². The van der Waals surface area contributed by atoms with E-state index in [2.05, 4.69) is 4.98 Å². The summed E-state index contributed by atoms with van der Waals surface area (Å²) in [5.41, 5.74) is 0.407. The number of carboxylic acids is 1. The Morgan fingerprint density at radius 1 is 1.50 bits per heavy atom. The SMILES string of the molecule is Cc1nc(C(=O)N(CCC(=O)O)C2CCOCC2)cs1. The summed E-state index contributed by atoms with van der Waals surface area (Å²) in [4.78, 5) is 29.1. The molecule has 6 nitrogen and oxygen atoms in total. The number of aromatic nitrogens is 1. The Labute approximate surface area is 121 Å². The Kier molecular flexibility index (Phi) is 5.08. The minimum absolute atomic E-state index is 0.0395. The molecule has 1 aliphatic heterocycles. The van der Waals surface area contributed by atoms with E-state index >= 15 is 0 Å². The first kappa shape index (κ1) is 14.9. The van der Waals surface area contributed by atoms with E-state index in [0.717, 1.165) is 17.8 Å². The van der Waals surface area contributed by atoms with Crippen LogP contribution in [0.3, 0.4) is 0 Å². The van der Waals surface area contributed by atoms with Crippen molar-refractivity contribution in [3.8, 4) is 0 Å². The number of carboxylic acid groups (broad SMARTS) is 1. The van der Waals surface area contributed by atoms with Gasteiger partial charge in [0.1, 0.15) is 5.69 Å². The summed E-state index contributed by atoms with van der Waals surface area (Å²) in [7, 11) is 0. The second kappa shape index (κ2) is 6.81. The summed E-state index contributed by atoms with van der Waals surface area (Å²) in [5.74, 6) is -1.08. The van der Waals surface area contributed by atoms with Crippen LogP contribution in [0.25, 0.3) is 0 Å². The van der Waals surface area contributed by atoms with Gasteiger partial charge in [0.15, 0.2) is 0 Å². The van der Waals surface area contributed by atoms with Gasteiger partial charge in [0.25, 0.3) is 5.91 Å². The molecule has 1 saturated heterocycles. The van der Waals surface area contributed by atoms with Gasteiger partial charge in [-0.05, 0) is 19.8 Å². The van der Waals surface area contributed by atoms with Crippen molar-refractivity contribution in [1.82, 2.24) is 9.88 Å². The van der Waals surface area contributed by atoms with E-state index in [-0.39, 0.29) is 24.9 Å². The van der Waals surface area contributed by atoms with E-state index in [9.17, 15) is 9.59 Å². The lowest BCUT2D eigenvalue weighted by Gasteiger charge is -2.33. The zero-order valence-corrected chi connectivity index (χ0v) is 12.2. The fraction of sp³-hybridized carbons (Fsp3) is 0.615. The second-order valence-corrected chi connectivity index (χ2v) is 5.80. The maximum absolute atomic E-state index is 12.5. The molecule has 0 aromatic carbocycles. The molecule has 1 aromatic heterocycles. The molecule has 0 saturated carbocycles. The first-order chi connectivity index (χ1) is 9.58. The van der Waals surface area contributed by atoms with E-state index in [1.807, 2.05) is 6.92 Å². The fourth-order valence-electron chi connectivity index (χ4n) is 2.27. The zero-order valence-electron chi connectivity index (χ0n) is 11.4. The van der Waals surface area contributed by atoms with E-state index in [0.29, 0.717) is 18.9 Å². The van der Waals surface area contributed by atoms with Crippen LogP contribution in [0.2, 0.25) is 0 Å². The van der Waals surface area contributed by atoms with Crippen LogP contribution in [-0.4, -0.2) is 52.7 Å². The predicted molar refractivity (Wildman–Crippen MR) is 74.0 cm³/mol. The molecule has 0 aliphatic carbocycles. The highest BCUT2D eigenvalue weighted by Crippen LogP contribution is 2.19. The summed E-state index contributed by atoms with van der Waals surface area (Å²) in [6.45, 7) is 3.28. The highest BCUT2D eigenvalue weighted by Gasteiger charge is 2.28. The van der Waals surface area contributed by atoms with E-state index < -0.39 is 5.97 Å². The van der Waals surface area contributed by atoms with Crippen LogP contribution in [0.5, 0.6) is 0 Å². The molecule has 1 aliphatic rings. The molecule has 1 fully saturated rings. The van der Waals surface area contributed by atoms with Crippen molar-refractivity contribution < 1.29 is 19.4 Å². The molecular weight excluding hydrogens is 280 g/mol. The minimum Gasteiger partial charge on any atom is -0.481 e. The number of thiazole rings is 1. The van der Waals surface area contributed by atoms with Gasteiger partial charge >= 0.3 is 5.97 Å². The van der Waals surface area contributed by atoms with Crippen LogP contribution < -0.4 is 0 Å². The van der Waals surface area contributed by atoms with Gasteiger partial charge < -0.3 is 14.7 Å². The van der Waals surface area contributed by atoms with E-state index in [1.165, 1.54) is 11.3 Å². The third-order valence-corrected chi connectivity index (χ3v) is 4.07. The Bertz CT molecular complexity index is 482. The highest BCUT2D eigenvalue weighted by molar-refractivity contribution is 7.09. The van der Waals surface area contributed by atoms with Gasteiger partial charge in [-0.25, -0.2) is 4.98 Å². The first-order valence-electron chi connectivity index (χ1n) is 6.60. The second-order valence-electron chi connectivity index (χ2n) is 4.74. The third-order valence-electron chi connectivity index (χ3n) is 3.30. The van der Waals surface area contributed by atoms with Crippen molar-refractivity contribution in [3.05, 3.63) is 16.1 Å². The minimum atomic E-state index is -0.899. The summed E-state index contributed by atoms with van der Waals surface area (Å²) in [5, 5.41) is 11.4. The summed E-state index contributed by atoms with van der Waals surface area (Å²) in [6.07, 6.45) is 1.44. The van der Waals surface area contributed by atoms with Gasteiger partial charge in [-0.1, -0.05) is 0 Å². The number of amides is 1. The molecule has 0 bridgehead atoms. The molecule has 110 valence electrons. The smallest absolute Gasteiger partial charge is 0.305 e. The fourth-order valence-corrected chi connectivity index (χ4v) is 2.86. The lowest BCUT2D eigenvalue weighted by atomic mass is 10.1. The lowest BCUT2D eigenvalue weighted by molar-refractivity contribution is -0.137. The maximum atomic E-state index is 12.5. The number of hydrogen-bond acceptors (Lipinski definition) is 5. The molecule has 0 atom stereocenters. The average molecular weight is 298 g/mol. The molecule has 1 N–H and O–H groups in total. The van der Waals surface area contributed by atoms with Crippen LogP contribution >= 0.6 is 11.3 Å². The van der Waals surface area contributed by atoms with Crippen molar-refractivity contribution in [1.29, 1.82) is 0 Å². The van der Waals surface area contributed by atoms with Gasteiger partial charge in [-0.2, -0.15) is 0 Å². The number of aliphatic carboxylic acids is 1. The summed E-state index contributed by atoms with van der Waals surface area (Å²) in [6, 6.07) is 0.0395. The van der Waals surface area contributed by atoms with Crippen molar-refractivity contribution in [2.24, 2.45) is 0 Å². The molecule has 20 heavy (non-hydrogen) atoms. The van der Waals surface area contributed by atoms with Gasteiger partial charge in [0.2, 0.25) is 0 Å². The molecular formula is C13H18N2O4S. The third kappa shape index (κ3) is 3.77. The summed E-state index contributed by atoms with van der Waals surface area (Å²) < 4.78 is 5.30. The molecule has 0 radical (unpaired) electrons. The lowest BCUT2D eigenvalue weighted by Crippen LogP contribution is -2.44. The van der Waals surface area contributed by atoms with Crippen LogP contribution in [0.1, 0.15) is 34.8 Å². The summed E-state index contributed by atoms with van der Waals surface area (Å²) >= 11 is 1.42. The monoisotopic (exact) mass is 298 g/mol. The Balaban J connectivity index is 2.11. The topological polar surface area (TPSA) is 79.7 Å². The predicted octanol–water partition coefficient (Wildman–Crippen LogP) is 1.55. The molecule has 0 spiro atoms. The van der Waals surface area contributed by atoms with Crippen LogP contribution in [0.4, 0.5) is 0 Å². The number of aryl methyl sites for hydroxylation is 1. The molecule has 0 unspecified atom stereocenters. The normalized spacial score (nSPS) is 16.1. The van der Waals surface area contributed by atoms with Crippen LogP contribution in [0, 0.1) is 6.92 Å². The number of ether oxygens (including phenoxy) is 1. The van der Waals surface area contributed by atoms with Gasteiger partial charge in [0.05, 0.1) is 11.4 Å². The largest absolute Gasteiger partial charge is 0.481 e. The molecule has 1 amide bonds. The first-order valence-corrected chi connectivity index (χ1v) is 7.48. The van der Waals surface area contributed by atoms with Gasteiger partial charge in [-0.15, -0.1) is 11.3 Å². The van der Waals surface area contributed by atoms with Crippen molar-refractivity contribution in [3.63, 3.8) is 0 Å².